The molecule has 0 aliphatic rings. The van der Waals surface area contributed by atoms with Crippen LogP contribution in [0.4, 0.5) is 0 Å². The van der Waals surface area contributed by atoms with E-state index in [2.05, 4.69) is 0 Å². The SMILES string of the molecule is O=C(O)C(Cc1cccc(Cl)c1)CP(=O)(O)O. The van der Waals surface area contributed by atoms with Crippen LogP contribution < -0.4 is 0 Å². The summed E-state index contributed by atoms with van der Waals surface area (Å²) in [6.45, 7) is 0. The first kappa shape index (κ1) is 14.2. The van der Waals surface area contributed by atoms with Gasteiger partial charge in [-0.05, 0) is 24.1 Å². The van der Waals surface area contributed by atoms with Gasteiger partial charge in [0.1, 0.15) is 0 Å². The molecule has 0 aliphatic carbocycles. The van der Waals surface area contributed by atoms with E-state index in [0.29, 0.717) is 10.6 Å². The Balaban J connectivity index is 2.81. The Morgan fingerprint density at radius 1 is 1.41 bits per heavy atom. The maximum atomic E-state index is 10.9. The summed E-state index contributed by atoms with van der Waals surface area (Å²) in [5.74, 6) is -2.34. The van der Waals surface area contributed by atoms with Crippen LogP contribution in [0.3, 0.4) is 0 Å². The van der Waals surface area contributed by atoms with Crippen molar-refractivity contribution in [3.63, 3.8) is 0 Å². The van der Waals surface area contributed by atoms with Crippen LogP contribution in [0, 0.1) is 5.92 Å². The minimum atomic E-state index is -4.34. The lowest BCUT2D eigenvalue weighted by Crippen LogP contribution is -2.20. The molecular formula is C10H12ClO5P. The van der Waals surface area contributed by atoms with Crippen molar-refractivity contribution in [2.45, 2.75) is 6.42 Å². The molecule has 0 aromatic heterocycles. The predicted molar refractivity (Wildman–Crippen MR) is 63.2 cm³/mol. The zero-order chi connectivity index (χ0) is 13.1. The van der Waals surface area contributed by atoms with E-state index in [4.69, 9.17) is 26.5 Å². The Bertz CT molecular complexity index is 456. The average Bonchev–Trinajstić information content (AvgIpc) is 2.14. The van der Waals surface area contributed by atoms with E-state index in [-0.39, 0.29) is 6.42 Å². The maximum Gasteiger partial charge on any atom is 0.326 e. The molecule has 5 nitrogen and oxygen atoms in total. The molecule has 1 aromatic carbocycles. The molecule has 0 spiro atoms. The highest BCUT2D eigenvalue weighted by Gasteiger charge is 2.27. The average molecular weight is 279 g/mol. The highest BCUT2D eigenvalue weighted by Crippen LogP contribution is 2.37. The van der Waals surface area contributed by atoms with Gasteiger partial charge in [0.15, 0.2) is 0 Å². The number of carboxylic acids is 1. The summed E-state index contributed by atoms with van der Waals surface area (Å²) in [5, 5.41) is 9.35. The van der Waals surface area contributed by atoms with Crippen molar-refractivity contribution in [1.29, 1.82) is 0 Å². The summed E-state index contributed by atoms with van der Waals surface area (Å²) < 4.78 is 10.8. The molecule has 94 valence electrons. The van der Waals surface area contributed by atoms with Gasteiger partial charge in [-0.25, -0.2) is 0 Å². The Hall–Kier alpha value is -0.870. The lowest BCUT2D eigenvalue weighted by Gasteiger charge is -2.13. The fourth-order valence-corrected chi connectivity index (χ4v) is 2.54. The fourth-order valence-electron chi connectivity index (χ4n) is 1.47. The summed E-state index contributed by atoms with van der Waals surface area (Å²) >= 11 is 5.74. The summed E-state index contributed by atoms with van der Waals surface area (Å²) in [6, 6.07) is 6.55. The second-order valence-electron chi connectivity index (χ2n) is 3.72. The van der Waals surface area contributed by atoms with Gasteiger partial charge < -0.3 is 14.9 Å². The van der Waals surface area contributed by atoms with Gasteiger partial charge >= 0.3 is 13.6 Å². The zero-order valence-electron chi connectivity index (χ0n) is 8.78. The van der Waals surface area contributed by atoms with Gasteiger partial charge in [-0.15, -0.1) is 0 Å². The van der Waals surface area contributed by atoms with Gasteiger partial charge in [-0.1, -0.05) is 23.7 Å². The standard InChI is InChI=1S/C10H12ClO5P/c11-9-3-1-2-7(5-9)4-8(10(12)13)6-17(14,15)16/h1-3,5,8H,4,6H2,(H,12,13)(H2,14,15,16). The van der Waals surface area contributed by atoms with Crippen molar-refractivity contribution in [2.75, 3.05) is 6.16 Å². The van der Waals surface area contributed by atoms with Crippen LogP contribution in [-0.2, 0) is 15.8 Å². The topological polar surface area (TPSA) is 94.8 Å². The normalized spacial score (nSPS) is 13.4. The molecule has 0 radical (unpaired) electrons. The molecule has 0 bridgehead atoms. The molecular weight excluding hydrogens is 267 g/mol. The monoisotopic (exact) mass is 278 g/mol. The van der Waals surface area contributed by atoms with E-state index in [1.165, 1.54) is 0 Å². The first-order chi connectivity index (χ1) is 7.78. The number of hydrogen-bond acceptors (Lipinski definition) is 2. The number of halogens is 1. The third kappa shape index (κ3) is 5.33. The molecule has 0 heterocycles. The molecule has 0 fully saturated rings. The van der Waals surface area contributed by atoms with E-state index in [1.54, 1.807) is 24.3 Å². The molecule has 1 unspecified atom stereocenters. The van der Waals surface area contributed by atoms with Crippen LogP contribution in [0.1, 0.15) is 5.56 Å². The molecule has 3 N–H and O–H groups in total. The molecule has 0 aliphatic heterocycles. The van der Waals surface area contributed by atoms with Crippen LogP contribution >= 0.6 is 19.2 Å². The van der Waals surface area contributed by atoms with Crippen molar-refractivity contribution >= 4 is 25.2 Å². The molecule has 7 heteroatoms. The second-order valence-corrected chi connectivity index (χ2v) is 5.85. The van der Waals surface area contributed by atoms with Crippen molar-refractivity contribution in [3.8, 4) is 0 Å². The van der Waals surface area contributed by atoms with E-state index >= 15 is 0 Å². The minimum Gasteiger partial charge on any atom is -0.481 e. The van der Waals surface area contributed by atoms with Crippen molar-refractivity contribution in [1.82, 2.24) is 0 Å². The Kier molecular flexibility index (Phi) is 4.71. The van der Waals surface area contributed by atoms with Crippen LogP contribution in [-0.4, -0.2) is 27.0 Å². The summed E-state index contributed by atoms with van der Waals surface area (Å²) in [7, 11) is -4.34. The summed E-state index contributed by atoms with van der Waals surface area (Å²) in [5.41, 5.74) is 0.637. The van der Waals surface area contributed by atoms with Crippen molar-refractivity contribution in [2.24, 2.45) is 5.92 Å². The highest BCUT2D eigenvalue weighted by molar-refractivity contribution is 7.51. The van der Waals surface area contributed by atoms with Gasteiger partial charge in [0.05, 0.1) is 12.1 Å². The molecule has 1 rings (SSSR count). The van der Waals surface area contributed by atoms with E-state index in [1.807, 2.05) is 0 Å². The lowest BCUT2D eigenvalue weighted by molar-refractivity contribution is -0.141. The number of rotatable bonds is 5. The first-order valence-electron chi connectivity index (χ1n) is 4.80. The quantitative estimate of drug-likeness (QED) is 0.713. The summed E-state index contributed by atoms with van der Waals surface area (Å²) in [4.78, 5) is 28.5. The first-order valence-corrected chi connectivity index (χ1v) is 6.97. The third-order valence-electron chi connectivity index (χ3n) is 2.18. The number of carboxylic acid groups (broad SMARTS) is 1. The third-order valence-corrected chi connectivity index (χ3v) is 3.33. The van der Waals surface area contributed by atoms with Gasteiger partial charge in [0.25, 0.3) is 0 Å². The van der Waals surface area contributed by atoms with Crippen LogP contribution in [0.5, 0.6) is 0 Å². The smallest absolute Gasteiger partial charge is 0.326 e. The maximum absolute atomic E-state index is 10.9. The molecule has 17 heavy (non-hydrogen) atoms. The van der Waals surface area contributed by atoms with Crippen LogP contribution in [0.15, 0.2) is 24.3 Å². The van der Waals surface area contributed by atoms with Gasteiger partial charge in [0.2, 0.25) is 0 Å². The largest absolute Gasteiger partial charge is 0.481 e. The van der Waals surface area contributed by atoms with E-state index in [0.717, 1.165) is 0 Å². The molecule has 0 saturated carbocycles. The number of benzene rings is 1. The van der Waals surface area contributed by atoms with E-state index < -0.39 is 25.6 Å². The highest BCUT2D eigenvalue weighted by atomic mass is 35.5. The minimum absolute atomic E-state index is 0.0427. The second kappa shape index (κ2) is 5.65. The summed E-state index contributed by atoms with van der Waals surface area (Å²) in [6.07, 6.45) is -0.629. The van der Waals surface area contributed by atoms with Crippen molar-refractivity contribution in [3.05, 3.63) is 34.9 Å². The molecule has 1 aromatic rings. The zero-order valence-corrected chi connectivity index (χ0v) is 10.4. The molecule has 0 amide bonds. The van der Waals surface area contributed by atoms with E-state index in [9.17, 15) is 9.36 Å². The Morgan fingerprint density at radius 2 is 2.06 bits per heavy atom. The number of hydrogen-bond donors (Lipinski definition) is 3. The van der Waals surface area contributed by atoms with Crippen LogP contribution in [0.2, 0.25) is 5.02 Å². The van der Waals surface area contributed by atoms with Gasteiger partial charge in [0, 0.05) is 5.02 Å². The predicted octanol–water partition coefficient (Wildman–Crippen LogP) is 1.76. The van der Waals surface area contributed by atoms with Gasteiger partial charge in [-0.2, -0.15) is 0 Å². The van der Waals surface area contributed by atoms with Gasteiger partial charge in [-0.3, -0.25) is 9.36 Å². The lowest BCUT2D eigenvalue weighted by atomic mass is 10.0. The Labute approximate surface area is 103 Å². The number of carbonyl (C=O) groups is 1. The van der Waals surface area contributed by atoms with Crippen LogP contribution in [0.25, 0.3) is 0 Å². The molecule has 1 atom stereocenters. The number of aliphatic carboxylic acids is 1. The Morgan fingerprint density at radius 3 is 2.53 bits per heavy atom. The fraction of sp³-hybridized carbons (Fsp3) is 0.300. The molecule has 0 saturated heterocycles. The van der Waals surface area contributed by atoms with Crippen molar-refractivity contribution < 1.29 is 24.3 Å².